The third kappa shape index (κ3) is 4.15. The van der Waals surface area contributed by atoms with E-state index < -0.39 is 6.10 Å². The van der Waals surface area contributed by atoms with Crippen molar-refractivity contribution in [3.8, 4) is 5.75 Å². The molecule has 0 unspecified atom stereocenters. The summed E-state index contributed by atoms with van der Waals surface area (Å²) in [6.45, 7) is 3.06. The number of hydrogen-bond donors (Lipinski definition) is 1. The first-order valence-electron chi connectivity index (χ1n) is 6.80. The third-order valence-corrected chi connectivity index (χ3v) is 3.03. The van der Waals surface area contributed by atoms with Crippen LogP contribution in [-0.4, -0.2) is 17.8 Å². The number of Topliss-reactive ketones (excluding diaryl/α,β-unsaturated/α-hetero) is 1. The zero-order valence-corrected chi connectivity index (χ0v) is 12.3. The summed E-state index contributed by atoms with van der Waals surface area (Å²) in [5, 5.41) is 2.63. The second-order valence-electron chi connectivity index (χ2n) is 4.84. The molecule has 0 aliphatic rings. The van der Waals surface area contributed by atoms with Gasteiger partial charge in [0.15, 0.2) is 11.9 Å². The van der Waals surface area contributed by atoms with E-state index in [-0.39, 0.29) is 17.5 Å². The molecule has 5 heteroatoms. The van der Waals surface area contributed by atoms with Crippen molar-refractivity contribution in [2.45, 2.75) is 20.0 Å². The van der Waals surface area contributed by atoms with Crippen LogP contribution in [0, 0.1) is 5.82 Å². The van der Waals surface area contributed by atoms with Crippen molar-refractivity contribution in [2.75, 3.05) is 5.32 Å². The first-order valence-corrected chi connectivity index (χ1v) is 6.80. The van der Waals surface area contributed by atoms with Gasteiger partial charge in [-0.15, -0.1) is 0 Å². The van der Waals surface area contributed by atoms with Gasteiger partial charge in [-0.3, -0.25) is 9.59 Å². The third-order valence-electron chi connectivity index (χ3n) is 3.03. The highest BCUT2D eigenvalue weighted by molar-refractivity contribution is 5.95. The fourth-order valence-corrected chi connectivity index (χ4v) is 1.82. The zero-order chi connectivity index (χ0) is 16.1. The lowest BCUT2D eigenvalue weighted by Gasteiger charge is -2.15. The fraction of sp³-hybridized carbons (Fsp3) is 0.176. The summed E-state index contributed by atoms with van der Waals surface area (Å²) in [5.74, 6) is -0.369. The van der Waals surface area contributed by atoms with Crippen LogP contribution in [-0.2, 0) is 4.79 Å². The predicted molar refractivity (Wildman–Crippen MR) is 81.6 cm³/mol. The van der Waals surface area contributed by atoms with Crippen molar-refractivity contribution in [1.82, 2.24) is 0 Å². The number of nitrogens with one attached hydrogen (secondary N) is 1. The Morgan fingerprint density at radius 1 is 1.14 bits per heavy atom. The maximum atomic E-state index is 12.8. The molecule has 4 nitrogen and oxygen atoms in total. The van der Waals surface area contributed by atoms with E-state index in [4.69, 9.17) is 4.74 Å². The molecule has 1 atom stereocenters. The number of rotatable bonds is 5. The number of carbonyl (C=O) groups is 2. The Hall–Kier alpha value is -2.69. The normalized spacial score (nSPS) is 11.6. The summed E-state index contributed by atoms with van der Waals surface area (Å²) < 4.78 is 18.3. The molecule has 0 spiro atoms. The molecule has 0 aromatic heterocycles. The highest BCUT2D eigenvalue weighted by Crippen LogP contribution is 2.16. The van der Waals surface area contributed by atoms with Gasteiger partial charge in [0, 0.05) is 11.3 Å². The Bertz CT molecular complexity index is 683. The van der Waals surface area contributed by atoms with Gasteiger partial charge in [0.1, 0.15) is 11.6 Å². The van der Waals surface area contributed by atoms with E-state index in [9.17, 15) is 14.0 Å². The summed E-state index contributed by atoms with van der Waals surface area (Å²) in [7, 11) is 0. The van der Waals surface area contributed by atoms with E-state index >= 15 is 0 Å². The standard InChI is InChI=1S/C17H16FNO3/c1-11(20)13-4-3-5-16(10-13)22-12(2)17(21)19-15-8-6-14(18)7-9-15/h3-10,12H,1-2H3,(H,19,21)/t12-/m0/s1. The van der Waals surface area contributed by atoms with Crippen LogP contribution in [0.4, 0.5) is 10.1 Å². The molecule has 0 saturated heterocycles. The topological polar surface area (TPSA) is 55.4 Å². The molecule has 0 fully saturated rings. The van der Waals surface area contributed by atoms with Gasteiger partial charge in [0.2, 0.25) is 0 Å². The molecule has 1 amide bonds. The van der Waals surface area contributed by atoms with Gasteiger partial charge in [0.05, 0.1) is 0 Å². The van der Waals surface area contributed by atoms with Crippen molar-refractivity contribution in [1.29, 1.82) is 0 Å². The Morgan fingerprint density at radius 3 is 2.45 bits per heavy atom. The van der Waals surface area contributed by atoms with Gasteiger partial charge < -0.3 is 10.1 Å². The summed E-state index contributed by atoms with van der Waals surface area (Å²) in [6, 6.07) is 12.1. The lowest BCUT2D eigenvalue weighted by molar-refractivity contribution is -0.122. The first kappa shape index (κ1) is 15.7. The summed E-state index contributed by atoms with van der Waals surface area (Å²) in [4.78, 5) is 23.3. The van der Waals surface area contributed by atoms with Crippen LogP contribution in [0.1, 0.15) is 24.2 Å². The second-order valence-corrected chi connectivity index (χ2v) is 4.84. The average Bonchev–Trinajstić information content (AvgIpc) is 2.49. The van der Waals surface area contributed by atoms with Crippen molar-refractivity contribution in [2.24, 2.45) is 0 Å². The van der Waals surface area contributed by atoms with Crippen molar-refractivity contribution < 1.29 is 18.7 Å². The van der Waals surface area contributed by atoms with E-state index in [0.29, 0.717) is 17.0 Å². The molecule has 0 aliphatic carbocycles. The van der Waals surface area contributed by atoms with E-state index in [1.54, 1.807) is 31.2 Å². The van der Waals surface area contributed by atoms with Crippen molar-refractivity contribution in [3.05, 3.63) is 59.9 Å². The molecule has 1 N–H and O–H groups in total. The molecule has 2 aromatic rings. The molecular weight excluding hydrogens is 285 g/mol. The number of hydrogen-bond acceptors (Lipinski definition) is 3. The number of halogens is 1. The SMILES string of the molecule is CC(=O)c1cccc(O[C@@H](C)C(=O)Nc2ccc(F)cc2)c1. The molecule has 0 heterocycles. The minimum absolute atomic E-state index is 0.0751. The van der Waals surface area contributed by atoms with Crippen LogP contribution in [0.25, 0.3) is 0 Å². The Balaban J connectivity index is 2.00. The molecule has 0 bridgehead atoms. The van der Waals surface area contributed by atoms with Crippen molar-refractivity contribution in [3.63, 3.8) is 0 Å². The average molecular weight is 301 g/mol. The van der Waals surface area contributed by atoms with E-state index in [2.05, 4.69) is 5.32 Å². The molecule has 2 rings (SSSR count). The molecular formula is C17H16FNO3. The van der Waals surface area contributed by atoms with E-state index in [1.807, 2.05) is 0 Å². The van der Waals surface area contributed by atoms with E-state index in [1.165, 1.54) is 31.2 Å². The van der Waals surface area contributed by atoms with Crippen LogP contribution >= 0.6 is 0 Å². The van der Waals surface area contributed by atoms with Gasteiger partial charge >= 0.3 is 0 Å². The summed E-state index contributed by atoms with van der Waals surface area (Å²) >= 11 is 0. The largest absolute Gasteiger partial charge is 0.481 e. The Kier molecular flexibility index (Phi) is 4.88. The number of ketones is 1. The van der Waals surface area contributed by atoms with Gasteiger partial charge in [0.25, 0.3) is 5.91 Å². The van der Waals surface area contributed by atoms with Crippen LogP contribution in [0.5, 0.6) is 5.75 Å². The maximum absolute atomic E-state index is 12.8. The highest BCUT2D eigenvalue weighted by atomic mass is 19.1. The predicted octanol–water partition coefficient (Wildman–Crippen LogP) is 3.43. The molecule has 114 valence electrons. The number of benzene rings is 2. The van der Waals surface area contributed by atoms with Gasteiger partial charge in [-0.25, -0.2) is 4.39 Å². The maximum Gasteiger partial charge on any atom is 0.265 e. The minimum Gasteiger partial charge on any atom is -0.481 e. The van der Waals surface area contributed by atoms with Gasteiger partial charge in [-0.1, -0.05) is 12.1 Å². The van der Waals surface area contributed by atoms with Gasteiger partial charge in [-0.05, 0) is 50.2 Å². The number of ether oxygens (including phenoxy) is 1. The van der Waals surface area contributed by atoms with Crippen molar-refractivity contribution >= 4 is 17.4 Å². The molecule has 0 radical (unpaired) electrons. The minimum atomic E-state index is -0.757. The Labute approximate surface area is 127 Å². The lowest BCUT2D eigenvalue weighted by atomic mass is 10.1. The number of carbonyl (C=O) groups excluding carboxylic acids is 2. The van der Waals surface area contributed by atoms with Crippen LogP contribution in [0.2, 0.25) is 0 Å². The summed E-state index contributed by atoms with van der Waals surface area (Å²) in [6.07, 6.45) is -0.757. The summed E-state index contributed by atoms with van der Waals surface area (Å²) in [5.41, 5.74) is 1.00. The quantitative estimate of drug-likeness (QED) is 0.861. The lowest BCUT2D eigenvalue weighted by Crippen LogP contribution is -2.30. The first-order chi connectivity index (χ1) is 10.5. The smallest absolute Gasteiger partial charge is 0.265 e. The Morgan fingerprint density at radius 2 is 1.82 bits per heavy atom. The van der Waals surface area contributed by atoms with Gasteiger partial charge in [-0.2, -0.15) is 0 Å². The fourth-order valence-electron chi connectivity index (χ4n) is 1.82. The molecule has 0 aliphatic heterocycles. The van der Waals surface area contributed by atoms with Crippen LogP contribution < -0.4 is 10.1 Å². The zero-order valence-electron chi connectivity index (χ0n) is 12.3. The molecule has 2 aromatic carbocycles. The second kappa shape index (κ2) is 6.85. The van der Waals surface area contributed by atoms with E-state index in [0.717, 1.165) is 0 Å². The monoisotopic (exact) mass is 301 g/mol. The molecule has 0 saturated carbocycles. The number of amides is 1. The highest BCUT2D eigenvalue weighted by Gasteiger charge is 2.15. The van der Waals surface area contributed by atoms with Crippen LogP contribution in [0.3, 0.4) is 0 Å². The van der Waals surface area contributed by atoms with Crippen LogP contribution in [0.15, 0.2) is 48.5 Å². The number of anilines is 1. The molecule has 22 heavy (non-hydrogen) atoms.